The lowest BCUT2D eigenvalue weighted by molar-refractivity contribution is -0.141. The van der Waals surface area contributed by atoms with Crippen molar-refractivity contribution in [1.29, 1.82) is 0 Å². The second-order valence-electron chi connectivity index (χ2n) is 9.01. The number of carbonyl (C=O) groups excluding carboxylic acids is 2. The summed E-state index contributed by atoms with van der Waals surface area (Å²) < 4.78 is 14.6. The smallest absolute Gasteiger partial charge is 0.243 e. The Kier molecular flexibility index (Phi) is 10.8. The Morgan fingerprint density at radius 1 is 0.972 bits per heavy atom. The Bertz CT molecular complexity index is 1130. The Balaban J connectivity index is 1.84. The zero-order valence-electron chi connectivity index (χ0n) is 20.6. The molecule has 190 valence electrons. The third kappa shape index (κ3) is 8.68. The summed E-state index contributed by atoms with van der Waals surface area (Å²) in [6.45, 7) is 4.55. The van der Waals surface area contributed by atoms with E-state index in [1.807, 2.05) is 68.4 Å². The third-order valence-corrected chi connectivity index (χ3v) is 6.92. The fourth-order valence-electron chi connectivity index (χ4n) is 3.72. The van der Waals surface area contributed by atoms with Crippen molar-refractivity contribution in [3.05, 3.63) is 101 Å². The van der Waals surface area contributed by atoms with Crippen molar-refractivity contribution in [3.8, 4) is 0 Å². The maximum atomic E-state index is 14.6. The number of amides is 2. The molecule has 0 fully saturated rings. The summed E-state index contributed by atoms with van der Waals surface area (Å²) in [4.78, 5) is 29.5. The van der Waals surface area contributed by atoms with Gasteiger partial charge in [0.05, 0.1) is 0 Å². The molecule has 1 N–H and O–H groups in total. The molecule has 2 amide bonds. The Labute approximate surface area is 222 Å². The molecule has 0 saturated heterocycles. The van der Waals surface area contributed by atoms with Gasteiger partial charge in [0.15, 0.2) is 0 Å². The van der Waals surface area contributed by atoms with Gasteiger partial charge >= 0.3 is 0 Å². The van der Waals surface area contributed by atoms with E-state index in [0.29, 0.717) is 29.3 Å². The summed E-state index contributed by atoms with van der Waals surface area (Å²) in [7, 11) is 0. The molecule has 4 nitrogen and oxygen atoms in total. The second kappa shape index (κ2) is 14.0. The summed E-state index contributed by atoms with van der Waals surface area (Å²) in [5, 5.41) is 3.64. The van der Waals surface area contributed by atoms with Crippen LogP contribution in [0.5, 0.6) is 0 Å². The fraction of sp³-hybridized carbons (Fsp3) is 0.310. The van der Waals surface area contributed by atoms with Crippen LogP contribution in [-0.4, -0.2) is 35.1 Å². The van der Waals surface area contributed by atoms with Crippen molar-refractivity contribution in [1.82, 2.24) is 10.2 Å². The van der Waals surface area contributed by atoms with E-state index in [4.69, 9.17) is 11.6 Å². The highest BCUT2D eigenvalue weighted by atomic mass is 35.5. The third-order valence-electron chi connectivity index (χ3n) is 5.65. The lowest BCUT2D eigenvalue weighted by Crippen LogP contribution is -2.51. The van der Waals surface area contributed by atoms with Crippen molar-refractivity contribution >= 4 is 35.2 Å². The van der Waals surface area contributed by atoms with E-state index in [0.717, 1.165) is 10.5 Å². The molecule has 3 aromatic carbocycles. The van der Waals surface area contributed by atoms with E-state index in [-0.39, 0.29) is 30.7 Å². The van der Waals surface area contributed by atoms with Crippen LogP contribution >= 0.6 is 23.4 Å². The van der Waals surface area contributed by atoms with Crippen LogP contribution in [0, 0.1) is 11.7 Å². The van der Waals surface area contributed by atoms with Crippen LogP contribution in [0.3, 0.4) is 0 Å². The van der Waals surface area contributed by atoms with Gasteiger partial charge in [0.2, 0.25) is 11.8 Å². The molecule has 3 rings (SSSR count). The first-order chi connectivity index (χ1) is 17.3. The van der Waals surface area contributed by atoms with E-state index in [9.17, 15) is 14.0 Å². The van der Waals surface area contributed by atoms with E-state index in [2.05, 4.69) is 5.32 Å². The largest absolute Gasteiger partial charge is 0.354 e. The maximum absolute atomic E-state index is 14.6. The highest BCUT2D eigenvalue weighted by Crippen LogP contribution is 2.23. The Hall–Kier alpha value is -2.83. The molecule has 0 aliphatic heterocycles. The summed E-state index contributed by atoms with van der Waals surface area (Å²) in [5.74, 6) is -0.0347. The SMILES string of the molecule is CC(C)CNC(=O)[C@@H](Cc1ccccc1)N(Cc1ccccc1F)C(=O)CCSc1ccc(Cl)cc1. The van der Waals surface area contributed by atoms with Gasteiger partial charge < -0.3 is 10.2 Å². The topological polar surface area (TPSA) is 49.4 Å². The van der Waals surface area contributed by atoms with Gasteiger partial charge in [-0.25, -0.2) is 4.39 Å². The van der Waals surface area contributed by atoms with Crippen LogP contribution in [0.4, 0.5) is 4.39 Å². The minimum Gasteiger partial charge on any atom is -0.354 e. The highest BCUT2D eigenvalue weighted by molar-refractivity contribution is 7.99. The molecule has 0 bridgehead atoms. The first-order valence-corrected chi connectivity index (χ1v) is 13.4. The van der Waals surface area contributed by atoms with Crippen LogP contribution in [0.25, 0.3) is 0 Å². The predicted octanol–water partition coefficient (Wildman–Crippen LogP) is 6.37. The van der Waals surface area contributed by atoms with Crippen LogP contribution in [0.2, 0.25) is 5.02 Å². The summed E-state index contributed by atoms with van der Waals surface area (Å²) in [6, 6.07) is 22.7. The van der Waals surface area contributed by atoms with E-state index < -0.39 is 11.9 Å². The van der Waals surface area contributed by atoms with E-state index in [1.165, 1.54) is 11.0 Å². The number of rotatable bonds is 12. The van der Waals surface area contributed by atoms with Gasteiger partial charge in [-0.15, -0.1) is 11.8 Å². The lowest BCUT2D eigenvalue weighted by Gasteiger charge is -2.32. The van der Waals surface area contributed by atoms with E-state index >= 15 is 0 Å². The zero-order chi connectivity index (χ0) is 25.9. The Morgan fingerprint density at radius 2 is 1.64 bits per heavy atom. The number of hydrogen-bond donors (Lipinski definition) is 1. The van der Waals surface area contributed by atoms with Gasteiger partial charge in [0, 0.05) is 47.2 Å². The van der Waals surface area contributed by atoms with Gasteiger partial charge in [-0.05, 0) is 41.8 Å². The van der Waals surface area contributed by atoms with Crippen LogP contribution in [0.15, 0.2) is 83.8 Å². The Morgan fingerprint density at radius 3 is 2.31 bits per heavy atom. The average Bonchev–Trinajstić information content (AvgIpc) is 2.87. The van der Waals surface area contributed by atoms with Crippen molar-refractivity contribution in [2.45, 2.75) is 44.2 Å². The number of carbonyl (C=O) groups is 2. The van der Waals surface area contributed by atoms with Crippen LogP contribution < -0.4 is 5.32 Å². The predicted molar refractivity (Wildman–Crippen MR) is 146 cm³/mol. The van der Waals surface area contributed by atoms with Gasteiger partial charge in [-0.3, -0.25) is 9.59 Å². The molecule has 0 radical (unpaired) electrons. The average molecular weight is 527 g/mol. The molecule has 0 spiro atoms. The molecule has 0 aromatic heterocycles. The molecular weight excluding hydrogens is 495 g/mol. The molecule has 7 heteroatoms. The van der Waals surface area contributed by atoms with E-state index in [1.54, 1.807) is 30.0 Å². The van der Waals surface area contributed by atoms with Crippen molar-refractivity contribution in [2.75, 3.05) is 12.3 Å². The van der Waals surface area contributed by atoms with Gasteiger partial charge in [0.25, 0.3) is 0 Å². The number of halogens is 2. The summed E-state index contributed by atoms with van der Waals surface area (Å²) >= 11 is 7.51. The van der Waals surface area contributed by atoms with Crippen LogP contribution in [-0.2, 0) is 22.6 Å². The number of nitrogens with one attached hydrogen (secondary N) is 1. The first-order valence-electron chi connectivity index (χ1n) is 12.1. The molecule has 0 saturated carbocycles. The van der Waals surface area contributed by atoms with Crippen molar-refractivity contribution in [2.24, 2.45) is 5.92 Å². The van der Waals surface area contributed by atoms with Gasteiger partial charge in [0.1, 0.15) is 11.9 Å². The number of benzene rings is 3. The van der Waals surface area contributed by atoms with Crippen molar-refractivity contribution in [3.63, 3.8) is 0 Å². The molecule has 0 unspecified atom stereocenters. The zero-order valence-corrected chi connectivity index (χ0v) is 22.2. The first kappa shape index (κ1) is 27.8. The fourth-order valence-corrected chi connectivity index (χ4v) is 4.68. The molecule has 36 heavy (non-hydrogen) atoms. The lowest BCUT2D eigenvalue weighted by atomic mass is 10.0. The minimum absolute atomic E-state index is 0.0176. The highest BCUT2D eigenvalue weighted by Gasteiger charge is 2.30. The molecule has 0 heterocycles. The van der Waals surface area contributed by atoms with Crippen molar-refractivity contribution < 1.29 is 14.0 Å². The molecule has 3 aromatic rings. The monoisotopic (exact) mass is 526 g/mol. The molecule has 1 atom stereocenters. The van der Waals surface area contributed by atoms with Crippen LogP contribution in [0.1, 0.15) is 31.4 Å². The molecular formula is C29H32ClFN2O2S. The molecule has 0 aliphatic rings. The van der Waals surface area contributed by atoms with Gasteiger partial charge in [-0.2, -0.15) is 0 Å². The summed E-state index contributed by atoms with van der Waals surface area (Å²) in [6.07, 6.45) is 0.555. The summed E-state index contributed by atoms with van der Waals surface area (Å²) in [5.41, 5.74) is 1.31. The quantitative estimate of drug-likeness (QED) is 0.279. The minimum atomic E-state index is -0.765. The maximum Gasteiger partial charge on any atom is 0.243 e. The second-order valence-corrected chi connectivity index (χ2v) is 10.6. The number of thioether (sulfide) groups is 1. The normalized spacial score (nSPS) is 11.8. The number of nitrogens with zero attached hydrogens (tertiary/aromatic N) is 1. The standard InChI is InChI=1S/C29H32ClFN2O2S/c1-21(2)19-32-29(35)27(18-22-8-4-3-5-9-22)33(20-23-10-6-7-11-26(23)31)28(34)16-17-36-25-14-12-24(30)13-15-25/h3-15,21,27H,16-20H2,1-2H3,(H,32,35)/t27-/m1/s1. The number of hydrogen-bond acceptors (Lipinski definition) is 3. The van der Waals surface area contributed by atoms with Gasteiger partial charge in [-0.1, -0.05) is 74.0 Å². The molecule has 0 aliphatic carbocycles.